The van der Waals surface area contributed by atoms with E-state index in [1.807, 2.05) is 0 Å². The zero-order valence-corrected chi connectivity index (χ0v) is 4.90. The molecular formula is C2H6O2S2. The van der Waals surface area contributed by atoms with E-state index in [2.05, 4.69) is 12.6 Å². The predicted molar refractivity (Wildman–Crippen MR) is 31.9 cm³/mol. The molecule has 0 bridgehead atoms. The first-order chi connectivity index (χ1) is 2.27. The molecule has 0 aromatic carbocycles. The molecule has 0 rings (SSSR count). The molecule has 0 aliphatic rings. The number of carboxylic acids is 1. The number of aliphatic carboxylic acids is 1. The van der Waals surface area contributed by atoms with Crippen LogP contribution in [0.4, 0.5) is 0 Å². The summed E-state index contributed by atoms with van der Waals surface area (Å²) in [5.74, 6) is -0.965. The van der Waals surface area contributed by atoms with Crippen LogP contribution in [0.25, 0.3) is 0 Å². The van der Waals surface area contributed by atoms with Gasteiger partial charge >= 0.3 is 5.97 Å². The van der Waals surface area contributed by atoms with E-state index in [1.165, 1.54) is 0 Å². The van der Waals surface area contributed by atoms with Crippen LogP contribution in [0.1, 0.15) is 0 Å². The van der Waals surface area contributed by atoms with Gasteiger partial charge in [0.2, 0.25) is 0 Å². The third kappa shape index (κ3) is 8.90. The number of thiol groups is 1. The highest BCUT2D eigenvalue weighted by molar-refractivity contribution is 7.81. The monoisotopic (exact) mass is 126 g/mol. The third-order valence-corrected chi connectivity index (χ3v) is 0.406. The van der Waals surface area contributed by atoms with Crippen LogP contribution >= 0.6 is 26.1 Å². The average molecular weight is 126 g/mol. The zero-order valence-electron chi connectivity index (χ0n) is 3.01. The maximum atomic E-state index is 9.29. The van der Waals surface area contributed by atoms with Crippen molar-refractivity contribution in [2.75, 3.05) is 5.75 Å². The Morgan fingerprint density at radius 2 is 2.00 bits per heavy atom. The second-order valence-electron chi connectivity index (χ2n) is 0.552. The summed E-state index contributed by atoms with van der Waals surface area (Å²) in [4.78, 5) is 9.29. The summed E-state index contributed by atoms with van der Waals surface area (Å²) >= 11 is 3.42. The lowest BCUT2D eigenvalue weighted by molar-refractivity contribution is -0.133. The maximum absolute atomic E-state index is 9.29. The number of carbonyl (C=O) groups is 1. The largest absolute Gasteiger partial charge is 0.481 e. The number of carboxylic acid groups (broad SMARTS) is 1. The lowest BCUT2D eigenvalue weighted by Crippen LogP contribution is -1.92. The van der Waals surface area contributed by atoms with Crippen LogP contribution in [0.15, 0.2) is 0 Å². The van der Waals surface area contributed by atoms with Gasteiger partial charge in [0.1, 0.15) is 0 Å². The minimum Gasteiger partial charge on any atom is -0.481 e. The van der Waals surface area contributed by atoms with Crippen molar-refractivity contribution >= 4 is 32.1 Å². The summed E-state index contributed by atoms with van der Waals surface area (Å²) in [6.45, 7) is 0. The van der Waals surface area contributed by atoms with Gasteiger partial charge in [-0.2, -0.15) is 26.1 Å². The molecule has 0 atom stereocenters. The summed E-state index contributed by atoms with van der Waals surface area (Å²) < 4.78 is 0. The van der Waals surface area contributed by atoms with Gasteiger partial charge in [-0.1, -0.05) is 0 Å². The highest BCUT2D eigenvalue weighted by atomic mass is 32.1. The molecule has 1 N–H and O–H groups in total. The molecule has 0 saturated heterocycles. The molecule has 6 heavy (non-hydrogen) atoms. The van der Waals surface area contributed by atoms with Gasteiger partial charge in [0.15, 0.2) is 0 Å². The van der Waals surface area contributed by atoms with Crippen molar-refractivity contribution in [2.45, 2.75) is 0 Å². The molecule has 0 aromatic heterocycles. The molecule has 0 aliphatic heterocycles. The standard InChI is InChI=1S/C2H4O2S.H2S/c3-2(4)1-5;/h5H,1H2,(H,3,4);1H2. The van der Waals surface area contributed by atoms with Crippen molar-refractivity contribution in [1.82, 2.24) is 0 Å². The first-order valence-corrected chi connectivity index (χ1v) is 1.73. The van der Waals surface area contributed by atoms with Gasteiger partial charge in [0.25, 0.3) is 0 Å². The van der Waals surface area contributed by atoms with Gasteiger partial charge in [-0.05, 0) is 0 Å². The van der Waals surface area contributed by atoms with Crippen molar-refractivity contribution < 1.29 is 9.90 Å². The molecule has 38 valence electrons. The number of hydrogen-bond donors (Lipinski definition) is 2. The van der Waals surface area contributed by atoms with Crippen molar-refractivity contribution in [1.29, 1.82) is 0 Å². The van der Waals surface area contributed by atoms with E-state index in [0.717, 1.165) is 0 Å². The molecule has 0 aliphatic carbocycles. The fourth-order valence-corrected chi connectivity index (χ4v) is 0. The Hall–Kier alpha value is 0.170. The first-order valence-electron chi connectivity index (χ1n) is 1.10. The second kappa shape index (κ2) is 5.17. The predicted octanol–water partition coefficient (Wildman–Crippen LogP) is 0.114. The zero-order chi connectivity index (χ0) is 4.28. The minimum absolute atomic E-state index is 0. The van der Waals surface area contributed by atoms with Crippen LogP contribution in [-0.4, -0.2) is 16.8 Å². The number of rotatable bonds is 1. The van der Waals surface area contributed by atoms with Gasteiger partial charge in [-0.15, -0.1) is 0 Å². The quantitative estimate of drug-likeness (QED) is 0.489. The highest BCUT2D eigenvalue weighted by Gasteiger charge is 1.81. The molecule has 0 heterocycles. The molecule has 2 nitrogen and oxygen atoms in total. The van der Waals surface area contributed by atoms with Crippen LogP contribution in [0, 0.1) is 0 Å². The van der Waals surface area contributed by atoms with Crippen LogP contribution < -0.4 is 0 Å². The summed E-state index contributed by atoms with van der Waals surface area (Å²) in [6.07, 6.45) is 0. The fourth-order valence-electron chi connectivity index (χ4n) is 0. The lowest BCUT2D eigenvalue weighted by Gasteiger charge is -1.71. The van der Waals surface area contributed by atoms with Crippen LogP contribution in [0.5, 0.6) is 0 Å². The van der Waals surface area contributed by atoms with Gasteiger partial charge in [0, 0.05) is 0 Å². The molecular weight excluding hydrogens is 120 g/mol. The Morgan fingerprint density at radius 3 is 2.00 bits per heavy atom. The molecule has 0 radical (unpaired) electrons. The topological polar surface area (TPSA) is 37.3 Å². The molecule has 0 amide bonds. The van der Waals surface area contributed by atoms with Gasteiger partial charge < -0.3 is 5.11 Å². The molecule has 0 spiro atoms. The summed E-state index contributed by atoms with van der Waals surface area (Å²) in [5, 5.41) is 7.65. The van der Waals surface area contributed by atoms with Crippen LogP contribution in [0.2, 0.25) is 0 Å². The lowest BCUT2D eigenvalue weighted by atomic mass is 10.8. The molecule has 4 heteroatoms. The Labute approximate surface area is 48.4 Å². The summed E-state index contributed by atoms with van der Waals surface area (Å²) in [6, 6.07) is 0. The van der Waals surface area contributed by atoms with E-state index in [1.54, 1.807) is 0 Å². The van der Waals surface area contributed by atoms with E-state index in [4.69, 9.17) is 5.11 Å². The van der Waals surface area contributed by atoms with Crippen LogP contribution in [-0.2, 0) is 4.79 Å². The molecule has 0 unspecified atom stereocenters. The van der Waals surface area contributed by atoms with Crippen LogP contribution in [0.3, 0.4) is 0 Å². The molecule has 0 saturated carbocycles. The van der Waals surface area contributed by atoms with E-state index < -0.39 is 5.97 Å². The van der Waals surface area contributed by atoms with E-state index in [0.29, 0.717) is 0 Å². The molecule has 0 aromatic rings. The van der Waals surface area contributed by atoms with E-state index >= 15 is 0 Å². The normalized spacial score (nSPS) is 6.17. The van der Waals surface area contributed by atoms with Crippen molar-refractivity contribution in [2.24, 2.45) is 0 Å². The van der Waals surface area contributed by atoms with Gasteiger partial charge in [0.05, 0.1) is 5.75 Å². The van der Waals surface area contributed by atoms with Gasteiger partial charge in [-0.25, -0.2) is 0 Å². The SMILES string of the molecule is O=C(O)CS.S. The van der Waals surface area contributed by atoms with Crippen molar-refractivity contribution in [3.8, 4) is 0 Å². The Bertz CT molecular complexity index is 44.8. The van der Waals surface area contributed by atoms with Crippen molar-refractivity contribution in [3.63, 3.8) is 0 Å². The van der Waals surface area contributed by atoms with Gasteiger partial charge in [-0.3, -0.25) is 4.79 Å². The van der Waals surface area contributed by atoms with E-state index in [9.17, 15) is 4.79 Å². The Kier molecular flexibility index (Phi) is 8.17. The smallest absolute Gasteiger partial charge is 0.313 e. The first kappa shape index (κ1) is 9.48. The third-order valence-electron chi connectivity index (χ3n) is 0.135. The Morgan fingerprint density at radius 1 is 1.83 bits per heavy atom. The van der Waals surface area contributed by atoms with E-state index in [-0.39, 0.29) is 19.2 Å². The highest BCUT2D eigenvalue weighted by Crippen LogP contribution is 1.66. The average Bonchev–Trinajstić information content (AvgIpc) is 1.38. The van der Waals surface area contributed by atoms with Crippen molar-refractivity contribution in [3.05, 3.63) is 0 Å². The number of hydrogen-bond acceptors (Lipinski definition) is 2. The maximum Gasteiger partial charge on any atom is 0.313 e. The summed E-state index contributed by atoms with van der Waals surface area (Å²) in [5.41, 5.74) is 0. The Balaban J connectivity index is 0. The summed E-state index contributed by atoms with van der Waals surface area (Å²) in [7, 11) is 0. The second-order valence-corrected chi connectivity index (χ2v) is 0.868. The molecule has 0 fully saturated rings. The fraction of sp³-hybridized carbons (Fsp3) is 0.500. The minimum atomic E-state index is -0.881.